The number of esters is 1. The van der Waals surface area contributed by atoms with E-state index in [4.69, 9.17) is 14.2 Å². The van der Waals surface area contributed by atoms with E-state index in [0.717, 1.165) is 47.9 Å². The van der Waals surface area contributed by atoms with Crippen molar-refractivity contribution in [2.24, 2.45) is 5.92 Å². The Bertz CT molecular complexity index is 1530. The lowest BCUT2D eigenvalue weighted by Crippen LogP contribution is -2.06. The smallest absolute Gasteiger partial charge is 0.306 e. The molecule has 6 heteroatoms. The average molecular weight is 610 g/mol. The second-order valence-electron chi connectivity index (χ2n) is 11.9. The van der Waals surface area contributed by atoms with E-state index < -0.39 is 0 Å². The maximum absolute atomic E-state index is 13.3. The summed E-state index contributed by atoms with van der Waals surface area (Å²) in [6.45, 7) is 7.86. The molecule has 3 aromatic carbocycles. The Balaban J connectivity index is 1.31. The van der Waals surface area contributed by atoms with E-state index >= 15 is 0 Å². The van der Waals surface area contributed by atoms with E-state index in [1.54, 1.807) is 13.2 Å². The fourth-order valence-electron chi connectivity index (χ4n) is 5.47. The summed E-state index contributed by atoms with van der Waals surface area (Å²) in [5, 5.41) is 0.900. The number of aryl methyl sites for hydroxylation is 1. The van der Waals surface area contributed by atoms with Crippen LogP contribution in [0.4, 0.5) is 0 Å². The number of benzene rings is 3. The summed E-state index contributed by atoms with van der Waals surface area (Å²) in [5.74, 6) is 1.08. The van der Waals surface area contributed by atoms with E-state index in [1.165, 1.54) is 11.1 Å². The van der Waals surface area contributed by atoms with Gasteiger partial charge in [-0.3, -0.25) is 9.59 Å². The lowest BCUT2D eigenvalue weighted by Gasteiger charge is -2.18. The van der Waals surface area contributed by atoms with Crippen molar-refractivity contribution >= 4 is 22.7 Å². The van der Waals surface area contributed by atoms with Crippen LogP contribution < -0.4 is 4.74 Å². The number of ether oxygens (including phenoxy) is 3. The third-order valence-electron chi connectivity index (χ3n) is 7.87. The number of allylic oxidation sites excluding steroid dienone is 1. The van der Waals surface area contributed by atoms with Crippen molar-refractivity contribution in [3.05, 3.63) is 113 Å². The molecule has 1 unspecified atom stereocenters. The highest BCUT2D eigenvalue weighted by Gasteiger charge is 2.15. The zero-order chi connectivity index (χ0) is 32.0. The van der Waals surface area contributed by atoms with Crippen molar-refractivity contribution in [1.82, 2.24) is 4.57 Å². The number of ketones is 1. The largest absolute Gasteiger partial charge is 0.497 e. The lowest BCUT2D eigenvalue weighted by molar-refractivity contribution is -0.145. The molecule has 1 atom stereocenters. The monoisotopic (exact) mass is 609 g/mol. The van der Waals surface area contributed by atoms with E-state index in [1.807, 2.05) is 65.4 Å². The van der Waals surface area contributed by atoms with Gasteiger partial charge in [0.05, 0.1) is 19.8 Å². The van der Waals surface area contributed by atoms with Gasteiger partial charge in [0, 0.05) is 35.6 Å². The van der Waals surface area contributed by atoms with Gasteiger partial charge in [-0.05, 0) is 66.1 Å². The molecule has 4 rings (SSSR count). The van der Waals surface area contributed by atoms with Crippen LogP contribution >= 0.6 is 0 Å². The Kier molecular flexibility index (Phi) is 13.0. The number of carbonyl (C=O) groups excluding carboxylic acids is 2. The number of hydrogen-bond acceptors (Lipinski definition) is 5. The average Bonchev–Trinajstić information content (AvgIpc) is 3.42. The van der Waals surface area contributed by atoms with Crippen molar-refractivity contribution < 1.29 is 23.8 Å². The van der Waals surface area contributed by atoms with Gasteiger partial charge in [0.1, 0.15) is 12.4 Å². The van der Waals surface area contributed by atoms with E-state index in [2.05, 4.69) is 45.0 Å². The van der Waals surface area contributed by atoms with Crippen molar-refractivity contribution in [2.75, 3.05) is 13.7 Å². The highest BCUT2D eigenvalue weighted by atomic mass is 16.5. The Morgan fingerprint density at radius 1 is 0.911 bits per heavy atom. The molecule has 0 bridgehead atoms. The number of unbranched alkanes of at least 4 members (excludes halogenated alkanes) is 1. The molecule has 238 valence electrons. The third kappa shape index (κ3) is 10.2. The fourth-order valence-corrected chi connectivity index (χ4v) is 5.47. The van der Waals surface area contributed by atoms with Gasteiger partial charge >= 0.3 is 5.97 Å². The molecule has 0 saturated carbocycles. The van der Waals surface area contributed by atoms with Gasteiger partial charge in [0.25, 0.3) is 0 Å². The Morgan fingerprint density at radius 2 is 1.64 bits per heavy atom. The predicted molar refractivity (Wildman–Crippen MR) is 181 cm³/mol. The number of rotatable bonds is 18. The fraction of sp³-hybridized carbons (Fsp3) is 0.385. The summed E-state index contributed by atoms with van der Waals surface area (Å²) in [6, 6.07) is 24.1. The molecule has 45 heavy (non-hydrogen) atoms. The maximum Gasteiger partial charge on any atom is 0.306 e. The number of aromatic nitrogens is 1. The Hall–Kier alpha value is -4.16. The first kappa shape index (κ1) is 33.7. The first-order chi connectivity index (χ1) is 21.9. The molecule has 0 aliphatic carbocycles. The van der Waals surface area contributed by atoms with Gasteiger partial charge in [-0.2, -0.15) is 0 Å². The molecule has 4 aromatic rings. The summed E-state index contributed by atoms with van der Waals surface area (Å²) in [6.07, 6.45) is 10.4. The van der Waals surface area contributed by atoms with Gasteiger partial charge in [-0.1, -0.05) is 94.3 Å². The highest BCUT2D eigenvalue weighted by molar-refractivity contribution is 6.13. The molecule has 0 aliphatic heterocycles. The molecular weight excluding hydrogens is 562 g/mol. The van der Waals surface area contributed by atoms with Gasteiger partial charge in [0.2, 0.25) is 0 Å². The summed E-state index contributed by atoms with van der Waals surface area (Å²) < 4.78 is 18.9. The van der Waals surface area contributed by atoms with Crippen LogP contribution in [0.25, 0.3) is 10.9 Å². The highest BCUT2D eigenvalue weighted by Crippen LogP contribution is 2.26. The van der Waals surface area contributed by atoms with Crippen LogP contribution in [0.5, 0.6) is 5.75 Å². The van der Waals surface area contributed by atoms with Crippen molar-refractivity contribution in [3.63, 3.8) is 0 Å². The van der Waals surface area contributed by atoms with Crippen LogP contribution in [-0.4, -0.2) is 30.0 Å². The van der Waals surface area contributed by atoms with E-state index in [0.29, 0.717) is 37.5 Å². The van der Waals surface area contributed by atoms with Gasteiger partial charge in [-0.15, -0.1) is 0 Å². The topological polar surface area (TPSA) is 66.8 Å². The molecule has 0 N–H and O–H groups in total. The molecule has 0 radical (unpaired) electrons. The molecule has 0 saturated heterocycles. The van der Waals surface area contributed by atoms with Crippen molar-refractivity contribution in [1.29, 1.82) is 0 Å². The van der Waals surface area contributed by atoms with E-state index in [-0.39, 0.29) is 24.5 Å². The first-order valence-electron chi connectivity index (χ1n) is 16.2. The normalized spacial score (nSPS) is 12.2. The Labute approximate surface area is 268 Å². The SMILES string of the molecule is CCCCC(OCC=CC(=O)c1cn(CCCC(=O)OCc2ccc(OC)cc2)c2ccccc12)c1ccc(CC(C)C)cc1. The molecule has 6 nitrogen and oxygen atoms in total. The van der Waals surface area contributed by atoms with Crippen LogP contribution in [0, 0.1) is 5.92 Å². The lowest BCUT2D eigenvalue weighted by atomic mass is 9.98. The minimum Gasteiger partial charge on any atom is -0.497 e. The number of para-hydroxylation sites is 1. The molecule has 1 aromatic heterocycles. The van der Waals surface area contributed by atoms with Crippen LogP contribution in [0.2, 0.25) is 0 Å². The summed E-state index contributed by atoms with van der Waals surface area (Å²) in [7, 11) is 1.62. The van der Waals surface area contributed by atoms with Crippen LogP contribution in [0.3, 0.4) is 0 Å². The third-order valence-corrected chi connectivity index (χ3v) is 7.87. The summed E-state index contributed by atoms with van der Waals surface area (Å²) in [5.41, 5.74) is 5.06. The first-order valence-corrected chi connectivity index (χ1v) is 16.2. The number of methoxy groups -OCH3 is 1. The van der Waals surface area contributed by atoms with Gasteiger partial charge in [0.15, 0.2) is 5.78 Å². The number of carbonyl (C=O) groups is 2. The van der Waals surface area contributed by atoms with Crippen molar-refractivity contribution in [3.8, 4) is 5.75 Å². The van der Waals surface area contributed by atoms with Gasteiger partial charge < -0.3 is 18.8 Å². The molecule has 0 fully saturated rings. The predicted octanol–water partition coefficient (Wildman–Crippen LogP) is 9.06. The zero-order valence-corrected chi connectivity index (χ0v) is 27.2. The van der Waals surface area contributed by atoms with Crippen molar-refractivity contribution in [2.45, 2.75) is 78.6 Å². The van der Waals surface area contributed by atoms with Crippen LogP contribution in [-0.2, 0) is 33.8 Å². The number of fused-ring (bicyclic) bond motifs is 1. The second-order valence-corrected chi connectivity index (χ2v) is 11.9. The standard InChI is InChI=1S/C39H47NO5/c1-5-6-14-38(32-20-16-30(17-21-32)26-29(2)3)44-25-10-13-37(41)35-27-40(36-12-8-7-11-34(35)36)24-9-15-39(42)45-28-31-18-22-33(43-4)23-19-31/h7-8,10-13,16-23,27,29,38H,5-6,9,14-15,24-26,28H2,1-4H3. The zero-order valence-electron chi connectivity index (χ0n) is 27.2. The minimum atomic E-state index is -0.245. The molecule has 0 amide bonds. The summed E-state index contributed by atoms with van der Waals surface area (Å²) >= 11 is 0. The van der Waals surface area contributed by atoms with Crippen LogP contribution in [0.1, 0.15) is 86.0 Å². The molecule has 0 aliphatic rings. The second kappa shape index (κ2) is 17.4. The molecule has 0 spiro atoms. The van der Waals surface area contributed by atoms with E-state index in [9.17, 15) is 9.59 Å². The van der Waals surface area contributed by atoms with Crippen LogP contribution in [0.15, 0.2) is 91.1 Å². The minimum absolute atomic E-state index is 0.00242. The molecular formula is C39H47NO5. The number of nitrogens with zero attached hydrogens (tertiary/aromatic N) is 1. The summed E-state index contributed by atoms with van der Waals surface area (Å²) in [4.78, 5) is 25.7. The number of hydrogen-bond donors (Lipinski definition) is 0. The molecule has 1 heterocycles. The maximum atomic E-state index is 13.3. The Morgan fingerprint density at radius 3 is 2.36 bits per heavy atom. The van der Waals surface area contributed by atoms with Gasteiger partial charge in [-0.25, -0.2) is 0 Å². The quantitative estimate of drug-likeness (QED) is 0.0640.